The summed E-state index contributed by atoms with van der Waals surface area (Å²) in [6.45, 7) is 0. The van der Waals surface area contributed by atoms with Crippen LogP contribution in [0.5, 0.6) is 0 Å². The van der Waals surface area contributed by atoms with Crippen LogP contribution < -0.4 is 0 Å². The zero-order valence-corrected chi connectivity index (χ0v) is 13.8. The number of Topliss-reactive ketones (excluding diaryl/α,β-unsaturated/α-hetero) is 1. The molecule has 0 aromatic heterocycles. The van der Waals surface area contributed by atoms with E-state index in [1.54, 1.807) is 0 Å². The predicted molar refractivity (Wildman–Crippen MR) is 78.3 cm³/mol. The molecule has 2 aliphatic carbocycles. The van der Waals surface area contributed by atoms with Crippen LogP contribution in [0.2, 0.25) is 0 Å². The van der Waals surface area contributed by atoms with Crippen LogP contribution in [0.25, 0.3) is 0 Å². The Balaban J connectivity index is 1.95. The molecular formula is C14H20Br2O2. The van der Waals surface area contributed by atoms with Crippen molar-refractivity contribution in [2.75, 3.05) is 0 Å². The Bertz CT molecular complexity index is 353. The van der Waals surface area contributed by atoms with E-state index in [-0.39, 0.29) is 11.4 Å². The van der Waals surface area contributed by atoms with Gasteiger partial charge in [0.2, 0.25) is 0 Å². The predicted octanol–water partition coefficient (Wildman–Crippen LogP) is 4.48. The molecule has 2 saturated carbocycles. The molecule has 3 rings (SSSR count). The lowest BCUT2D eigenvalue weighted by Crippen LogP contribution is -2.46. The highest BCUT2D eigenvalue weighted by Crippen LogP contribution is 2.60. The van der Waals surface area contributed by atoms with Crippen LogP contribution in [0.3, 0.4) is 0 Å². The number of ether oxygens (including phenoxy) is 1. The minimum atomic E-state index is -0.648. The Labute approximate surface area is 125 Å². The molecule has 0 bridgehead atoms. The van der Waals surface area contributed by atoms with Crippen molar-refractivity contribution in [2.45, 2.75) is 78.6 Å². The van der Waals surface area contributed by atoms with Crippen LogP contribution in [0.15, 0.2) is 0 Å². The second kappa shape index (κ2) is 4.56. The zero-order valence-electron chi connectivity index (χ0n) is 10.6. The molecule has 0 atom stereocenters. The first-order valence-corrected chi connectivity index (χ1v) is 8.74. The summed E-state index contributed by atoms with van der Waals surface area (Å²) in [5.74, 6) is 0.247. The summed E-state index contributed by atoms with van der Waals surface area (Å²) in [6, 6.07) is 0. The fraction of sp³-hybridized carbons (Fsp3) is 0.929. The number of rotatable bonds is 0. The van der Waals surface area contributed by atoms with Crippen molar-refractivity contribution < 1.29 is 9.53 Å². The van der Waals surface area contributed by atoms with Gasteiger partial charge < -0.3 is 4.74 Å². The number of carbonyl (C=O) groups excluding carboxylic acids is 1. The molecule has 2 spiro atoms. The lowest BCUT2D eigenvalue weighted by atomic mass is 9.79. The standard InChI is InChI=1S/C14H20Br2O2/c15-14(16)11(17)12(7-3-1-4-8-12)18-13(14)9-5-2-6-10-13/h1-10H2. The first-order chi connectivity index (χ1) is 8.53. The number of carbonyl (C=O) groups is 1. The highest BCUT2D eigenvalue weighted by atomic mass is 79.9. The van der Waals surface area contributed by atoms with E-state index in [4.69, 9.17) is 4.74 Å². The number of hydrogen-bond donors (Lipinski definition) is 0. The summed E-state index contributed by atoms with van der Waals surface area (Å²) in [5.41, 5.74) is -0.803. The van der Waals surface area contributed by atoms with Gasteiger partial charge in [-0.05, 0) is 25.7 Å². The molecule has 0 aromatic rings. The highest BCUT2D eigenvalue weighted by molar-refractivity contribution is 9.26. The van der Waals surface area contributed by atoms with E-state index >= 15 is 0 Å². The van der Waals surface area contributed by atoms with E-state index < -0.39 is 8.83 Å². The fourth-order valence-corrected chi connectivity index (χ4v) is 5.65. The lowest BCUT2D eigenvalue weighted by Gasteiger charge is -2.40. The number of halogens is 2. The fourth-order valence-electron chi connectivity index (χ4n) is 3.97. The molecule has 102 valence electrons. The maximum atomic E-state index is 12.9. The second-order valence-electron chi connectivity index (χ2n) is 6.12. The SMILES string of the molecule is O=C1C2(CCCCC2)OC2(CCCCC2)C1(Br)Br. The van der Waals surface area contributed by atoms with E-state index in [0.717, 1.165) is 38.5 Å². The third-order valence-corrected chi connectivity index (χ3v) is 7.15. The van der Waals surface area contributed by atoms with Crippen LogP contribution in [-0.2, 0) is 9.53 Å². The van der Waals surface area contributed by atoms with Crippen molar-refractivity contribution in [3.05, 3.63) is 0 Å². The topological polar surface area (TPSA) is 26.3 Å². The van der Waals surface area contributed by atoms with Gasteiger partial charge in [0.15, 0.2) is 9.02 Å². The molecule has 2 nitrogen and oxygen atoms in total. The van der Waals surface area contributed by atoms with E-state index in [1.165, 1.54) is 25.7 Å². The summed E-state index contributed by atoms with van der Waals surface area (Å²) < 4.78 is 5.85. The molecular weight excluding hydrogens is 360 g/mol. The Morgan fingerprint density at radius 2 is 1.33 bits per heavy atom. The zero-order chi connectivity index (χ0) is 12.9. The molecule has 18 heavy (non-hydrogen) atoms. The van der Waals surface area contributed by atoms with Gasteiger partial charge in [-0.1, -0.05) is 70.4 Å². The summed E-state index contributed by atoms with van der Waals surface area (Å²) in [7, 11) is 0. The van der Waals surface area contributed by atoms with Gasteiger partial charge in [-0.2, -0.15) is 0 Å². The van der Waals surface area contributed by atoms with Crippen LogP contribution >= 0.6 is 31.9 Å². The Morgan fingerprint density at radius 1 is 0.833 bits per heavy atom. The average molecular weight is 380 g/mol. The molecule has 3 fully saturated rings. The lowest BCUT2D eigenvalue weighted by molar-refractivity contribution is -0.152. The third-order valence-electron chi connectivity index (χ3n) is 4.98. The molecule has 3 aliphatic rings. The Hall–Kier alpha value is 0.590. The van der Waals surface area contributed by atoms with Crippen LogP contribution in [0.1, 0.15) is 64.2 Å². The van der Waals surface area contributed by atoms with Gasteiger partial charge in [0.05, 0.1) is 0 Å². The largest absolute Gasteiger partial charge is 0.358 e. The van der Waals surface area contributed by atoms with E-state index in [9.17, 15) is 4.79 Å². The van der Waals surface area contributed by atoms with Gasteiger partial charge in [0.1, 0.15) is 11.2 Å². The van der Waals surface area contributed by atoms with Gasteiger partial charge in [-0.25, -0.2) is 0 Å². The van der Waals surface area contributed by atoms with Crippen molar-refractivity contribution in [2.24, 2.45) is 0 Å². The van der Waals surface area contributed by atoms with Crippen molar-refractivity contribution >= 4 is 37.6 Å². The van der Waals surface area contributed by atoms with Crippen molar-refractivity contribution in [1.82, 2.24) is 0 Å². The van der Waals surface area contributed by atoms with Crippen molar-refractivity contribution in [3.63, 3.8) is 0 Å². The first kappa shape index (κ1) is 13.6. The second-order valence-corrected chi connectivity index (χ2v) is 9.56. The highest BCUT2D eigenvalue weighted by Gasteiger charge is 2.68. The normalized spacial score (nSPS) is 33.1. The molecule has 1 saturated heterocycles. The molecule has 1 heterocycles. The van der Waals surface area contributed by atoms with Gasteiger partial charge in [0.25, 0.3) is 0 Å². The summed E-state index contributed by atoms with van der Waals surface area (Å²) in [5, 5.41) is 0. The smallest absolute Gasteiger partial charge is 0.194 e. The first-order valence-electron chi connectivity index (χ1n) is 7.15. The van der Waals surface area contributed by atoms with Gasteiger partial charge in [-0.15, -0.1) is 0 Å². The summed E-state index contributed by atoms with van der Waals surface area (Å²) in [4.78, 5) is 12.9. The van der Waals surface area contributed by atoms with Crippen LogP contribution in [0, 0.1) is 0 Å². The van der Waals surface area contributed by atoms with Crippen LogP contribution in [0.4, 0.5) is 0 Å². The molecule has 0 N–H and O–H groups in total. The molecule has 1 aliphatic heterocycles. The minimum Gasteiger partial charge on any atom is -0.358 e. The van der Waals surface area contributed by atoms with E-state index in [1.807, 2.05) is 0 Å². The van der Waals surface area contributed by atoms with Gasteiger partial charge in [-0.3, -0.25) is 4.79 Å². The Morgan fingerprint density at radius 3 is 1.89 bits per heavy atom. The minimum absolute atomic E-state index is 0.247. The summed E-state index contributed by atoms with van der Waals surface area (Å²) >= 11 is 7.36. The maximum absolute atomic E-state index is 12.9. The van der Waals surface area contributed by atoms with Crippen molar-refractivity contribution in [3.8, 4) is 0 Å². The average Bonchev–Trinajstić information content (AvgIpc) is 2.52. The monoisotopic (exact) mass is 378 g/mol. The molecule has 4 heteroatoms. The third kappa shape index (κ3) is 1.78. The molecule has 0 unspecified atom stereocenters. The van der Waals surface area contributed by atoms with Gasteiger partial charge >= 0.3 is 0 Å². The van der Waals surface area contributed by atoms with Gasteiger partial charge in [0, 0.05) is 0 Å². The quantitative estimate of drug-likeness (QED) is 0.580. The number of alkyl halides is 2. The van der Waals surface area contributed by atoms with Crippen molar-refractivity contribution in [1.29, 1.82) is 0 Å². The maximum Gasteiger partial charge on any atom is 0.194 e. The van der Waals surface area contributed by atoms with E-state index in [0.29, 0.717) is 0 Å². The Kier molecular flexibility index (Phi) is 3.44. The van der Waals surface area contributed by atoms with Crippen LogP contribution in [-0.4, -0.2) is 20.2 Å². The summed E-state index contributed by atoms with van der Waals surface area (Å²) in [6.07, 6.45) is 10.9. The molecule has 0 amide bonds. The molecule has 0 radical (unpaired) electrons. The molecule has 0 aromatic carbocycles. The number of ketones is 1. The number of hydrogen-bond acceptors (Lipinski definition) is 2. The van der Waals surface area contributed by atoms with E-state index in [2.05, 4.69) is 31.9 Å².